The summed E-state index contributed by atoms with van der Waals surface area (Å²) >= 11 is 1.46. The van der Waals surface area contributed by atoms with E-state index in [1.807, 2.05) is 0 Å². The van der Waals surface area contributed by atoms with Gasteiger partial charge in [0.15, 0.2) is 0 Å². The third-order valence-electron chi connectivity index (χ3n) is 3.10. The van der Waals surface area contributed by atoms with Gasteiger partial charge < -0.3 is 0 Å². The fraction of sp³-hybridized carbons (Fsp3) is 0.235. The fourth-order valence-corrected chi connectivity index (χ4v) is 2.73. The summed E-state index contributed by atoms with van der Waals surface area (Å²) in [6, 6.07) is 19.6. The van der Waals surface area contributed by atoms with Crippen molar-refractivity contribution in [1.82, 2.24) is 0 Å². The molecule has 0 radical (unpaired) electrons. The van der Waals surface area contributed by atoms with Crippen molar-refractivity contribution in [3.05, 3.63) is 71.3 Å². The average molecular weight is 314 g/mol. The van der Waals surface area contributed by atoms with Crippen molar-refractivity contribution in [3.63, 3.8) is 0 Å². The summed E-state index contributed by atoms with van der Waals surface area (Å²) in [6.45, 7) is 6.75. The van der Waals surface area contributed by atoms with Crippen molar-refractivity contribution in [2.45, 2.75) is 26.2 Å². The van der Waals surface area contributed by atoms with Gasteiger partial charge >= 0.3 is 125 Å². The first kappa shape index (κ1) is 13.6. The molecule has 88 valence electrons. The number of hydrogen-bond acceptors (Lipinski definition) is 0. The Kier molecular flexibility index (Phi) is 4.12. The van der Waals surface area contributed by atoms with E-state index in [1.165, 1.54) is 44.1 Å². The van der Waals surface area contributed by atoms with Crippen molar-refractivity contribution in [3.8, 4) is 0 Å². The van der Waals surface area contributed by atoms with Crippen LogP contribution in [-0.2, 0) is 29.7 Å². The van der Waals surface area contributed by atoms with Gasteiger partial charge in [-0.25, -0.2) is 0 Å². The Labute approximate surface area is 124 Å². The van der Waals surface area contributed by atoms with Crippen molar-refractivity contribution in [2.75, 3.05) is 0 Å². The van der Waals surface area contributed by atoms with E-state index in [0.717, 1.165) is 0 Å². The summed E-state index contributed by atoms with van der Waals surface area (Å²) in [7, 11) is 0. The number of benzene rings is 2. The van der Waals surface area contributed by atoms with Crippen LogP contribution in [0.25, 0.3) is 0 Å². The maximum absolute atomic E-state index is 2.25. The van der Waals surface area contributed by atoms with E-state index < -0.39 is 0 Å². The molecule has 0 saturated carbocycles. The predicted octanol–water partition coefficient (Wildman–Crippen LogP) is 4.10. The summed E-state index contributed by atoms with van der Waals surface area (Å²) in [5.74, 6) is 0. The fourth-order valence-electron chi connectivity index (χ4n) is 1.91. The molecule has 0 heterocycles. The van der Waals surface area contributed by atoms with Crippen LogP contribution < -0.4 is 0 Å². The van der Waals surface area contributed by atoms with Crippen LogP contribution in [0.4, 0.5) is 0 Å². The molecule has 2 rings (SSSR count). The summed E-state index contributed by atoms with van der Waals surface area (Å²) in [6.07, 6.45) is 0. The van der Waals surface area contributed by atoms with Crippen molar-refractivity contribution < 1.29 is 24.2 Å². The summed E-state index contributed by atoms with van der Waals surface area (Å²) in [4.78, 5) is 0. The molecule has 0 aliphatic carbocycles. The molecule has 0 amide bonds. The maximum atomic E-state index is 2.25. The summed E-state index contributed by atoms with van der Waals surface area (Å²) in [5, 5.41) is 0. The summed E-state index contributed by atoms with van der Waals surface area (Å²) < 4.78 is 1.42. The van der Waals surface area contributed by atoms with Gasteiger partial charge in [0.2, 0.25) is 0 Å². The number of hydrogen-bond donors (Lipinski definition) is 0. The molecular weight excluding hydrogens is 295 g/mol. The van der Waals surface area contributed by atoms with Gasteiger partial charge in [0.25, 0.3) is 0 Å². The Hall–Kier alpha value is -0.807. The van der Waals surface area contributed by atoms with Gasteiger partial charge in [0, 0.05) is 0 Å². The first-order valence-corrected chi connectivity index (χ1v) is 7.46. The first-order chi connectivity index (χ1) is 8.48. The molecular formula is C17H18Zr+2. The second kappa shape index (κ2) is 5.45. The first-order valence-electron chi connectivity index (χ1n) is 6.23. The molecule has 2 aromatic rings. The monoisotopic (exact) mass is 312 g/mol. The molecule has 0 nitrogen and oxygen atoms in total. The van der Waals surface area contributed by atoms with Gasteiger partial charge in [-0.2, -0.15) is 0 Å². The molecule has 0 spiro atoms. The molecule has 2 aromatic carbocycles. The summed E-state index contributed by atoms with van der Waals surface area (Å²) in [5.41, 5.74) is 4.29. The zero-order chi connectivity index (χ0) is 13.2. The Morgan fingerprint density at radius 1 is 0.778 bits per heavy atom. The third-order valence-corrected chi connectivity index (χ3v) is 4.52. The minimum atomic E-state index is 0.229. The van der Waals surface area contributed by atoms with E-state index in [4.69, 9.17) is 0 Å². The van der Waals surface area contributed by atoms with Gasteiger partial charge in [0.05, 0.1) is 0 Å². The van der Waals surface area contributed by atoms with Gasteiger partial charge in [0.1, 0.15) is 0 Å². The van der Waals surface area contributed by atoms with E-state index in [1.54, 1.807) is 0 Å². The van der Waals surface area contributed by atoms with Crippen LogP contribution >= 0.6 is 0 Å². The van der Waals surface area contributed by atoms with Crippen molar-refractivity contribution in [1.29, 1.82) is 0 Å². The van der Waals surface area contributed by atoms with Gasteiger partial charge in [-0.15, -0.1) is 0 Å². The predicted molar refractivity (Wildman–Crippen MR) is 74.8 cm³/mol. The zero-order valence-corrected chi connectivity index (χ0v) is 13.7. The quantitative estimate of drug-likeness (QED) is 0.783. The molecule has 0 unspecified atom stereocenters. The molecule has 0 atom stereocenters. The molecule has 18 heavy (non-hydrogen) atoms. The van der Waals surface area contributed by atoms with Gasteiger partial charge in [-0.05, 0) is 0 Å². The molecule has 1 heteroatoms. The Balaban J connectivity index is 2.28. The van der Waals surface area contributed by atoms with Gasteiger partial charge in [-0.3, -0.25) is 0 Å². The van der Waals surface area contributed by atoms with Crippen LogP contribution in [0, 0.1) is 0 Å². The molecule has 0 fully saturated rings. The van der Waals surface area contributed by atoms with Crippen molar-refractivity contribution in [2.24, 2.45) is 0 Å². The van der Waals surface area contributed by atoms with Crippen molar-refractivity contribution >= 4 is 3.21 Å². The second-order valence-electron chi connectivity index (χ2n) is 5.57. The zero-order valence-electron chi connectivity index (χ0n) is 11.2. The second-order valence-corrected chi connectivity index (χ2v) is 6.80. The molecule has 0 bridgehead atoms. The molecule has 0 aliphatic heterocycles. The Morgan fingerprint density at radius 3 is 1.78 bits per heavy atom. The van der Waals surface area contributed by atoms with Crippen LogP contribution in [0.1, 0.15) is 37.5 Å². The van der Waals surface area contributed by atoms with E-state index in [0.29, 0.717) is 0 Å². The van der Waals surface area contributed by atoms with Crippen LogP contribution in [0.15, 0.2) is 54.6 Å². The SMILES string of the molecule is CC(C)(C)c1ccc([C](=[Zr+2])c2ccccc2)cc1. The standard InChI is InChI=1S/C17H18.Zr/c1-17(2,3)16-11-9-15(10-12-16)13-14-7-5-4-6-8-14;/h4-12H,1-3H3;/q;+2. The van der Waals surface area contributed by atoms with E-state index in [2.05, 4.69) is 75.4 Å². The van der Waals surface area contributed by atoms with E-state index >= 15 is 0 Å². The number of rotatable bonds is 2. The van der Waals surface area contributed by atoms with Gasteiger partial charge in [-0.1, -0.05) is 0 Å². The minimum absolute atomic E-state index is 0.229. The molecule has 0 saturated heterocycles. The van der Waals surface area contributed by atoms with Crippen LogP contribution in [-0.4, -0.2) is 3.21 Å². The average Bonchev–Trinajstić information content (AvgIpc) is 2.38. The van der Waals surface area contributed by atoms with E-state index in [-0.39, 0.29) is 5.41 Å². The van der Waals surface area contributed by atoms with E-state index in [9.17, 15) is 0 Å². The van der Waals surface area contributed by atoms with Crippen LogP contribution in [0.5, 0.6) is 0 Å². The topological polar surface area (TPSA) is 0 Å². The molecule has 0 aromatic heterocycles. The van der Waals surface area contributed by atoms with Crippen LogP contribution in [0.2, 0.25) is 0 Å². The Bertz CT molecular complexity index is 530. The molecule has 0 aliphatic rings. The normalized spacial score (nSPS) is 11.4. The third kappa shape index (κ3) is 3.15. The van der Waals surface area contributed by atoms with Crippen LogP contribution in [0.3, 0.4) is 0 Å². The molecule has 0 N–H and O–H groups in total. The Morgan fingerprint density at radius 2 is 1.28 bits per heavy atom.